The molecule has 0 unspecified atom stereocenters. The molecule has 28 heavy (non-hydrogen) atoms. The summed E-state index contributed by atoms with van der Waals surface area (Å²) in [6, 6.07) is 11.0. The highest BCUT2D eigenvalue weighted by Gasteiger charge is 2.27. The van der Waals surface area contributed by atoms with E-state index in [-0.39, 0.29) is 5.91 Å². The average Bonchev–Trinajstić information content (AvgIpc) is 3.45. The van der Waals surface area contributed by atoms with Crippen LogP contribution in [0.15, 0.2) is 41.8 Å². The number of ether oxygens (including phenoxy) is 1. The van der Waals surface area contributed by atoms with Gasteiger partial charge in [-0.3, -0.25) is 4.79 Å². The van der Waals surface area contributed by atoms with Gasteiger partial charge in [0.25, 0.3) is 5.91 Å². The summed E-state index contributed by atoms with van der Waals surface area (Å²) in [7, 11) is 1.62. The predicted octanol–water partition coefficient (Wildman–Crippen LogP) is 6.16. The van der Waals surface area contributed by atoms with Crippen LogP contribution in [0.4, 0.5) is 5.69 Å². The number of rotatable bonds is 6. The molecule has 0 atom stereocenters. The molecule has 4 nitrogen and oxygen atoms in total. The van der Waals surface area contributed by atoms with Gasteiger partial charge in [-0.05, 0) is 61.2 Å². The maximum atomic E-state index is 12.7. The summed E-state index contributed by atoms with van der Waals surface area (Å²) in [5, 5.41) is 6.76. The Labute approximate surface area is 173 Å². The van der Waals surface area contributed by atoms with Crippen molar-refractivity contribution in [2.45, 2.75) is 32.1 Å². The van der Waals surface area contributed by atoms with E-state index in [0.29, 0.717) is 22.2 Å². The minimum Gasteiger partial charge on any atom is -0.497 e. The van der Waals surface area contributed by atoms with Crippen molar-refractivity contribution in [1.29, 1.82) is 0 Å². The molecule has 6 heteroatoms. The molecule has 1 fully saturated rings. The van der Waals surface area contributed by atoms with E-state index in [4.69, 9.17) is 21.3 Å². The quantitative estimate of drug-likeness (QED) is 0.527. The van der Waals surface area contributed by atoms with E-state index in [2.05, 4.69) is 10.7 Å². The van der Waals surface area contributed by atoms with Crippen molar-refractivity contribution in [2.75, 3.05) is 12.4 Å². The van der Waals surface area contributed by atoms with Gasteiger partial charge in [0.2, 0.25) is 0 Å². The number of aromatic nitrogens is 1. The molecule has 144 valence electrons. The first kappa shape index (κ1) is 19.0. The van der Waals surface area contributed by atoms with E-state index >= 15 is 0 Å². The number of amides is 1. The third-order valence-corrected chi connectivity index (χ3v) is 6.21. The summed E-state index contributed by atoms with van der Waals surface area (Å²) in [6.07, 6.45) is 3.21. The van der Waals surface area contributed by atoms with E-state index in [1.807, 2.05) is 25.1 Å². The monoisotopic (exact) mass is 412 g/mol. The van der Waals surface area contributed by atoms with Crippen LogP contribution in [0, 0.1) is 0 Å². The highest BCUT2D eigenvalue weighted by atomic mass is 35.5. The second kappa shape index (κ2) is 7.94. The number of carbonyl (C=O) groups excluding carboxylic acids is 1. The number of methoxy groups -OCH3 is 1. The van der Waals surface area contributed by atoms with Crippen LogP contribution in [0.25, 0.3) is 11.3 Å². The Hall–Kier alpha value is -2.37. The fraction of sp³-hybridized carbons (Fsp3) is 0.273. The molecule has 1 amide bonds. The molecule has 1 saturated carbocycles. The van der Waals surface area contributed by atoms with Crippen molar-refractivity contribution in [3.63, 3.8) is 0 Å². The number of thiazole rings is 1. The number of benzene rings is 2. The van der Waals surface area contributed by atoms with Crippen LogP contribution in [0.3, 0.4) is 0 Å². The molecule has 0 bridgehead atoms. The van der Waals surface area contributed by atoms with Gasteiger partial charge < -0.3 is 10.1 Å². The molecule has 0 radical (unpaired) electrons. The van der Waals surface area contributed by atoms with E-state index in [1.165, 1.54) is 17.8 Å². The number of carbonyl (C=O) groups is 1. The van der Waals surface area contributed by atoms with Gasteiger partial charge in [-0.1, -0.05) is 18.5 Å². The van der Waals surface area contributed by atoms with Crippen molar-refractivity contribution >= 4 is 34.5 Å². The van der Waals surface area contributed by atoms with E-state index in [1.54, 1.807) is 36.6 Å². The Morgan fingerprint density at radius 1 is 1.29 bits per heavy atom. The van der Waals surface area contributed by atoms with Crippen LogP contribution >= 0.6 is 22.9 Å². The second-order valence-electron chi connectivity index (χ2n) is 6.87. The van der Waals surface area contributed by atoms with Crippen LogP contribution in [-0.4, -0.2) is 18.0 Å². The Balaban J connectivity index is 1.53. The van der Waals surface area contributed by atoms with E-state index < -0.39 is 0 Å². The molecule has 3 aromatic rings. The van der Waals surface area contributed by atoms with Crippen LogP contribution < -0.4 is 10.1 Å². The largest absolute Gasteiger partial charge is 0.497 e. The zero-order valence-corrected chi connectivity index (χ0v) is 17.4. The average molecular weight is 413 g/mol. The normalized spacial score (nSPS) is 13.4. The molecule has 0 aliphatic heterocycles. The minimum atomic E-state index is -0.159. The fourth-order valence-corrected chi connectivity index (χ4v) is 4.41. The number of nitrogens with one attached hydrogen (secondary N) is 1. The van der Waals surface area contributed by atoms with Crippen LogP contribution in [-0.2, 0) is 6.42 Å². The molecule has 1 aliphatic carbocycles. The van der Waals surface area contributed by atoms with Gasteiger partial charge >= 0.3 is 0 Å². The molecule has 2 aromatic carbocycles. The van der Waals surface area contributed by atoms with Crippen LogP contribution in [0.2, 0.25) is 5.02 Å². The molecule has 0 saturated heterocycles. The first-order valence-corrected chi connectivity index (χ1v) is 10.6. The number of halogens is 1. The number of hydrogen-bond acceptors (Lipinski definition) is 4. The number of anilines is 1. The lowest BCUT2D eigenvalue weighted by Crippen LogP contribution is -2.14. The van der Waals surface area contributed by atoms with E-state index in [0.717, 1.165) is 29.0 Å². The van der Waals surface area contributed by atoms with Gasteiger partial charge in [0.1, 0.15) is 5.75 Å². The molecule has 4 rings (SSSR count). The minimum absolute atomic E-state index is 0.159. The van der Waals surface area contributed by atoms with Crippen molar-refractivity contribution < 1.29 is 9.53 Å². The molecule has 1 heterocycles. The number of hydrogen-bond donors (Lipinski definition) is 1. The Kier molecular flexibility index (Phi) is 5.38. The number of aryl methyl sites for hydroxylation is 1. The van der Waals surface area contributed by atoms with Crippen molar-refractivity contribution in [2.24, 2.45) is 0 Å². The predicted molar refractivity (Wildman–Crippen MR) is 115 cm³/mol. The lowest BCUT2D eigenvalue weighted by atomic mass is 10.0. The van der Waals surface area contributed by atoms with Gasteiger partial charge in [-0.2, -0.15) is 0 Å². The Morgan fingerprint density at radius 2 is 2.11 bits per heavy atom. The summed E-state index contributed by atoms with van der Waals surface area (Å²) in [6.45, 7) is 2.01. The van der Waals surface area contributed by atoms with Gasteiger partial charge in [-0.15, -0.1) is 11.3 Å². The van der Waals surface area contributed by atoms with Crippen molar-refractivity contribution in [1.82, 2.24) is 4.98 Å². The first-order chi connectivity index (χ1) is 13.6. The topological polar surface area (TPSA) is 51.2 Å². The Morgan fingerprint density at radius 3 is 2.79 bits per heavy atom. The lowest BCUT2D eigenvalue weighted by molar-refractivity contribution is 0.102. The first-order valence-electron chi connectivity index (χ1n) is 9.32. The standard InChI is InChI=1S/C22H21ClN2O2S/c1-3-13-10-16(27-2)7-9-17(13)21(26)24-15-6-8-18(19(23)11-15)20-12-28-22(25-20)14-4-5-14/h6-12,14H,3-5H2,1-2H3,(H,24,26). The molecule has 0 spiro atoms. The van der Waals surface area contributed by atoms with Crippen molar-refractivity contribution in [3.8, 4) is 17.0 Å². The fourth-order valence-electron chi connectivity index (χ4n) is 3.14. The van der Waals surface area contributed by atoms with Gasteiger partial charge in [0, 0.05) is 28.1 Å². The summed E-state index contributed by atoms with van der Waals surface area (Å²) >= 11 is 8.19. The van der Waals surface area contributed by atoms with Crippen LogP contribution in [0.1, 0.15) is 46.6 Å². The van der Waals surface area contributed by atoms with Gasteiger partial charge in [0.05, 0.1) is 22.8 Å². The van der Waals surface area contributed by atoms with E-state index in [9.17, 15) is 4.79 Å². The molecule has 1 N–H and O–H groups in total. The second-order valence-corrected chi connectivity index (χ2v) is 8.17. The zero-order chi connectivity index (χ0) is 19.7. The summed E-state index contributed by atoms with van der Waals surface area (Å²) in [5.74, 6) is 1.22. The maximum Gasteiger partial charge on any atom is 0.255 e. The highest BCUT2D eigenvalue weighted by Crippen LogP contribution is 2.43. The smallest absolute Gasteiger partial charge is 0.255 e. The third-order valence-electron chi connectivity index (χ3n) is 4.89. The van der Waals surface area contributed by atoms with Crippen LogP contribution in [0.5, 0.6) is 5.75 Å². The zero-order valence-electron chi connectivity index (χ0n) is 15.8. The maximum absolute atomic E-state index is 12.7. The van der Waals surface area contributed by atoms with Gasteiger partial charge in [0.15, 0.2) is 0 Å². The SMILES string of the molecule is CCc1cc(OC)ccc1C(=O)Nc1ccc(-c2csc(C3CC3)n2)c(Cl)c1. The highest BCUT2D eigenvalue weighted by molar-refractivity contribution is 7.10. The lowest BCUT2D eigenvalue weighted by Gasteiger charge is -2.11. The van der Waals surface area contributed by atoms with Gasteiger partial charge in [-0.25, -0.2) is 4.98 Å². The number of nitrogens with zero attached hydrogens (tertiary/aromatic N) is 1. The summed E-state index contributed by atoms with van der Waals surface area (Å²) < 4.78 is 5.25. The molecule has 1 aliphatic rings. The molecular formula is C22H21ClN2O2S. The molecule has 1 aromatic heterocycles. The van der Waals surface area contributed by atoms with Crippen molar-refractivity contribution in [3.05, 3.63) is 62.9 Å². The summed E-state index contributed by atoms with van der Waals surface area (Å²) in [5.41, 5.74) is 4.03. The summed E-state index contributed by atoms with van der Waals surface area (Å²) in [4.78, 5) is 17.5. The third kappa shape index (κ3) is 3.91. The molecular weight excluding hydrogens is 392 g/mol. The Bertz CT molecular complexity index is 1030.